The topological polar surface area (TPSA) is 108 Å². The SMILES string of the molecule is CCC(C)C(N)C(=O)NCc1ccc2c(Sc3ccccc3)c(C(=O)O)[nH]c2c1. The molecule has 2 unspecified atom stereocenters. The average Bonchev–Trinajstić information content (AvgIpc) is 3.09. The molecule has 0 spiro atoms. The van der Waals surface area contributed by atoms with Crippen LogP contribution in [0.3, 0.4) is 0 Å². The van der Waals surface area contributed by atoms with E-state index in [1.54, 1.807) is 0 Å². The zero-order valence-electron chi connectivity index (χ0n) is 16.4. The number of hydrogen-bond acceptors (Lipinski definition) is 4. The fourth-order valence-corrected chi connectivity index (χ4v) is 4.07. The van der Waals surface area contributed by atoms with Crippen molar-refractivity contribution in [1.82, 2.24) is 10.3 Å². The lowest BCUT2D eigenvalue weighted by Crippen LogP contribution is -2.44. The van der Waals surface area contributed by atoms with Crippen molar-refractivity contribution < 1.29 is 14.7 Å². The third-order valence-corrected chi connectivity index (χ3v) is 6.15. The zero-order valence-corrected chi connectivity index (χ0v) is 17.3. The van der Waals surface area contributed by atoms with E-state index in [0.29, 0.717) is 11.4 Å². The van der Waals surface area contributed by atoms with E-state index in [1.807, 2.05) is 62.4 Å². The average molecular weight is 412 g/mol. The first-order chi connectivity index (χ1) is 13.9. The number of fused-ring (bicyclic) bond motifs is 1. The van der Waals surface area contributed by atoms with Crippen molar-refractivity contribution in [3.8, 4) is 0 Å². The van der Waals surface area contributed by atoms with Crippen molar-refractivity contribution in [2.45, 2.75) is 42.6 Å². The maximum Gasteiger partial charge on any atom is 0.353 e. The lowest BCUT2D eigenvalue weighted by molar-refractivity contribution is -0.123. The number of carboxylic acids is 1. The number of carbonyl (C=O) groups is 2. The first-order valence-corrected chi connectivity index (χ1v) is 10.4. The van der Waals surface area contributed by atoms with Crippen LogP contribution < -0.4 is 11.1 Å². The highest BCUT2D eigenvalue weighted by atomic mass is 32.2. The van der Waals surface area contributed by atoms with Gasteiger partial charge in [-0.15, -0.1) is 0 Å². The maximum absolute atomic E-state index is 12.2. The Morgan fingerprint density at radius 3 is 2.59 bits per heavy atom. The van der Waals surface area contributed by atoms with Crippen LogP contribution in [0, 0.1) is 5.92 Å². The predicted octanol–water partition coefficient (Wildman–Crippen LogP) is 4.01. The first kappa shape index (κ1) is 21.0. The molecule has 0 aliphatic heterocycles. The Hall–Kier alpha value is -2.77. The molecule has 2 atom stereocenters. The zero-order chi connectivity index (χ0) is 21.0. The molecule has 3 aromatic rings. The van der Waals surface area contributed by atoms with Gasteiger partial charge in [-0.2, -0.15) is 0 Å². The Kier molecular flexibility index (Phi) is 6.61. The summed E-state index contributed by atoms with van der Waals surface area (Å²) >= 11 is 1.41. The van der Waals surface area contributed by atoms with Gasteiger partial charge in [0.2, 0.25) is 5.91 Å². The molecular formula is C22H25N3O3S. The molecule has 3 rings (SSSR count). The predicted molar refractivity (Wildman–Crippen MR) is 115 cm³/mol. The number of carbonyl (C=O) groups excluding carboxylic acids is 1. The molecule has 7 heteroatoms. The molecule has 152 valence electrons. The van der Waals surface area contributed by atoms with Gasteiger partial charge in [0.25, 0.3) is 0 Å². The molecule has 0 saturated carbocycles. The molecule has 0 bridgehead atoms. The molecule has 0 saturated heterocycles. The quantitative estimate of drug-likeness (QED) is 0.448. The van der Waals surface area contributed by atoms with Gasteiger partial charge in [-0.1, -0.05) is 62.4 Å². The van der Waals surface area contributed by atoms with Crippen LogP contribution in [0.15, 0.2) is 58.3 Å². The van der Waals surface area contributed by atoms with E-state index < -0.39 is 12.0 Å². The number of H-pyrrole nitrogens is 1. The molecule has 29 heavy (non-hydrogen) atoms. The lowest BCUT2D eigenvalue weighted by Gasteiger charge is -2.17. The summed E-state index contributed by atoms with van der Waals surface area (Å²) in [5.41, 5.74) is 7.72. The summed E-state index contributed by atoms with van der Waals surface area (Å²) in [6, 6.07) is 14.8. The monoisotopic (exact) mass is 411 g/mol. The first-order valence-electron chi connectivity index (χ1n) is 9.54. The van der Waals surface area contributed by atoms with Gasteiger partial charge < -0.3 is 21.1 Å². The minimum atomic E-state index is -1.01. The van der Waals surface area contributed by atoms with E-state index in [0.717, 1.165) is 27.8 Å². The Morgan fingerprint density at radius 1 is 1.21 bits per heavy atom. The molecule has 2 aromatic carbocycles. The van der Waals surface area contributed by atoms with E-state index in [1.165, 1.54) is 11.8 Å². The highest BCUT2D eigenvalue weighted by Gasteiger charge is 2.20. The van der Waals surface area contributed by atoms with Crippen LogP contribution in [0.2, 0.25) is 0 Å². The molecule has 5 N–H and O–H groups in total. The number of benzene rings is 2. The Morgan fingerprint density at radius 2 is 1.93 bits per heavy atom. The van der Waals surface area contributed by atoms with Crippen molar-refractivity contribution in [2.75, 3.05) is 0 Å². The van der Waals surface area contributed by atoms with Gasteiger partial charge in [0.05, 0.1) is 10.9 Å². The van der Waals surface area contributed by atoms with E-state index in [9.17, 15) is 14.7 Å². The second kappa shape index (κ2) is 9.15. The largest absolute Gasteiger partial charge is 0.477 e. The highest BCUT2D eigenvalue weighted by molar-refractivity contribution is 7.99. The van der Waals surface area contributed by atoms with E-state index in [4.69, 9.17) is 5.73 Å². The summed E-state index contributed by atoms with van der Waals surface area (Å²) < 4.78 is 0. The number of hydrogen-bond donors (Lipinski definition) is 4. The second-order valence-corrected chi connectivity index (χ2v) is 8.14. The summed E-state index contributed by atoms with van der Waals surface area (Å²) in [5.74, 6) is -1.08. The minimum Gasteiger partial charge on any atom is -0.477 e. The smallest absolute Gasteiger partial charge is 0.353 e. The van der Waals surface area contributed by atoms with Gasteiger partial charge in [0, 0.05) is 22.3 Å². The van der Waals surface area contributed by atoms with Crippen molar-refractivity contribution in [1.29, 1.82) is 0 Å². The standard InChI is InChI=1S/C22H25N3O3S/c1-3-13(2)18(23)21(26)24-12-14-9-10-16-17(11-14)25-19(22(27)28)20(16)29-15-7-5-4-6-8-15/h4-11,13,18,25H,3,12,23H2,1-2H3,(H,24,26)(H,27,28). The molecule has 0 aliphatic carbocycles. The van der Waals surface area contributed by atoms with Crippen molar-refractivity contribution in [2.24, 2.45) is 11.7 Å². The summed E-state index contributed by atoms with van der Waals surface area (Å²) in [6.45, 7) is 4.29. The van der Waals surface area contributed by atoms with Crippen LogP contribution in [0.25, 0.3) is 10.9 Å². The van der Waals surface area contributed by atoms with Gasteiger partial charge >= 0.3 is 5.97 Å². The molecular weight excluding hydrogens is 386 g/mol. The number of aromatic carboxylic acids is 1. The van der Waals surface area contributed by atoms with Crippen LogP contribution in [0.5, 0.6) is 0 Å². The molecule has 1 aromatic heterocycles. The van der Waals surface area contributed by atoms with E-state index in [2.05, 4.69) is 10.3 Å². The van der Waals surface area contributed by atoms with Crippen LogP contribution in [-0.2, 0) is 11.3 Å². The molecule has 0 fully saturated rings. The Balaban J connectivity index is 1.83. The summed E-state index contributed by atoms with van der Waals surface area (Å²) in [7, 11) is 0. The Bertz CT molecular complexity index is 1020. The number of nitrogens with one attached hydrogen (secondary N) is 2. The van der Waals surface area contributed by atoms with Gasteiger partial charge in [-0.3, -0.25) is 4.79 Å². The fraction of sp³-hybridized carbons (Fsp3) is 0.273. The maximum atomic E-state index is 12.2. The number of nitrogens with two attached hydrogens (primary N) is 1. The summed E-state index contributed by atoms with van der Waals surface area (Å²) in [4.78, 5) is 28.6. The molecule has 0 radical (unpaired) electrons. The van der Waals surface area contributed by atoms with Crippen LogP contribution in [0.1, 0.15) is 36.3 Å². The van der Waals surface area contributed by atoms with Gasteiger partial charge in [0.1, 0.15) is 5.69 Å². The lowest BCUT2D eigenvalue weighted by atomic mass is 9.99. The van der Waals surface area contributed by atoms with Gasteiger partial charge in [-0.05, 0) is 29.7 Å². The second-order valence-electron chi connectivity index (χ2n) is 7.06. The van der Waals surface area contributed by atoms with Crippen molar-refractivity contribution in [3.05, 3.63) is 59.8 Å². The van der Waals surface area contributed by atoms with Crippen LogP contribution >= 0.6 is 11.8 Å². The fourth-order valence-electron chi connectivity index (χ4n) is 3.01. The third kappa shape index (κ3) is 4.81. The number of aromatic nitrogens is 1. The molecule has 0 aliphatic rings. The molecule has 1 heterocycles. The van der Waals surface area contributed by atoms with E-state index >= 15 is 0 Å². The highest BCUT2D eigenvalue weighted by Crippen LogP contribution is 2.37. The number of amides is 1. The summed E-state index contributed by atoms with van der Waals surface area (Å²) in [5, 5.41) is 13.3. The molecule has 6 nitrogen and oxygen atoms in total. The van der Waals surface area contributed by atoms with Crippen LogP contribution in [-0.4, -0.2) is 28.0 Å². The normalized spacial score (nSPS) is 13.2. The summed E-state index contributed by atoms with van der Waals surface area (Å²) in [6.07, 6.45) is 0.836. The van der Waals surface area contributed by atoms with Crippen molar-refractivity contribution in [3.63, 3.8) is 0 Å². The van der Waals surface area contributed by atoms with E-state index in [-0.39, 0.29) is 17.5 Å². The number of rotatable bonds is 8. The Labute approximate surface area is 173 Å². The van der Waals surface area contributed by atoms with Crippen molar-refractivity contribution >= 4 is 34.5 Å². The van der Waals surface area contributed by atoms with Gasteiger partial charge in [0.15, 0.2) is 0 Å². The number of aromatic amines is 1. The van der Waals surface area contributed by atoms with Gasteiger partial charge in [-0.25, -0.2) is 4.79 Å². The molecule has 1 amide bonds. The van der Waals surface area contributed by atoms with Crippen LogP contribution in [0.4, 0.5) is 0 Å². The third-order valence-electron chi connectivity index (χ3n) is 5.02. The number of carboxylic acid groups (broad SMARTS) is 1. The minimum absolute atomic E-state index is 0.108.